The number of ether oxygens (including phenoxy) is 2. The number of alkyl carbamates (subject to hydrolysis) is 1. The first-order valence-electron chi connectivity index (χ1n) is 16.9. The molecule has 278 valence electrons. The number of carbonyl (C=O) groups is 3. The van der Waals surface area contributed by atoms with Crippen molar-refractivity contribution in [1.29, 1.82) is 10.5 Å². The molecular weight excluding hydrogens is 692 g/mol. The molecule has 0 fully saturated rings. The first kappa shape index (κ1) is 43.3. The molecule has 3 amide bonds. The van der Waals surface area contributed by atoms with Gasteiger partial charge in [-0.05, 0) is 86.3 Å². The number of nitrogens with zero attached hydrogens (tertiary/aromatic N) is 2. The zero-order chi connectivity index (χ0) is 37.9. The van der Waals surface area contributed by atoms with Crippen LogP contribution in [0.4, 0.5) is 4.79 Å². The lowest BCUT2D eigenvalue weighted by molar-refractivity contribution is -0.130. The van der Waals surface area contributed by atoms with E-state index < -0.39 is 29.7 Å². The molecule has 11 nitrogen and oxygen atoms in total. The molecule has 4 aromatic rings. The fourth-order valence-corrected chi connectivity index (χ4v) is 4.84. The Hall–Kier alpha value is -5.88. The van der Waals surface area contributed by atoms with E-state index in [2.05, 4.69) is 22.0 Å². The maximum atomic E-state index is 13.7. The van der Waals surface area contributed by atoms with Crippen LogP contribution < -0.4 is 26.4 Å². The molecule has 0 aliphatic carbocycles. The molecular formula is C41H47ClN6O5. The number of nitrogens with two attached hydrogens (primary N) is 1. The van der Waals surface area contributed by atoms with E-state index in [0.717, 1.165) is 22.3 Å². The van der Waals surface area contributed by atoms with Gasteiger partial charge < -0.3 is 31.2 Å². The standard InChI is InChI=1S/C33H38N4O5.C8H8N2.ClH/c1-5-41-27-17-15-24(16-18-27)20-29(37-32(40)42-33(2,3)4)31(39)36-28(19-23-9-7-6-8-10-23)30(38)35-22-26-13-11-25(21-34)12-14-26;9-5-7-1-2-8(6-10)4-3-7;/h6-18,28-29H,5,19-20,22H2,1-4H3,(H,35,38)(H,36,39)(H,37,40);1-4H,5,9H2;1H/t28-,29+;;/m0../s1. The van der Waals surface area contributed by atoms with Crippen LogP contribution in [0.3, 0.4) is 0 Å². The summed E-state index contributed by atoms with van der Waals surface area (Å²) >= 11 is 0. The van der Waals surface area contributed by atoms with E-state index in [9.17, 15) is 14.4 Å². The van der Waals surface area contributed by atoms with E-state index in [1.165, 1.54) is 0 Å². The van der Waals surface area contributed by atoms with E-state index >= 15 is 0 Å². The van der Waals surface area contributed by atoms with Crippen LogP contribution in [0, 0.1) is 22.7 Å². The Labute approximate surface area is 317 Å². The van der Waals surface area contributed by atoms with Crippen LogP contribution in [0.2, 0.25) is 0 Å². The highest BCUT2D eigenvalue weighted by molar-refractivity contribution is 5.91. The summed E-state index contributed by atoms with van der Waals surface area (Å²) in [4.78, 5) is 39.7. The Kier molecular flexibility index (Phi) is 18.1. The monoisotopic (exact) mass is 738 g/mol. The molecule has 5 N–H and O–H groups in total. The van der Waals surface area contributed by atoms with Gasteiger partial charge in [-0.25, -0.2) is 4.79 Å². The molecule has 0 heterocycles. The normalized spacial score (nSPS) is 11.4. The predicted octanol–water partition coefficient (Wildman–Crippen LogP) is 5.88. The van der Waals surface area contributed by atoms with E-state index in [1.807, 2.05) is 67.6 Å². The van der Waals surface area contributed by atoms with Gasteiger partial charge in [-0.15, -0.1) is 12.4 Å². The van der Waals surface area contributed by atoms with Crippen molar-refractivity contribution >= 4 is 30.3 Å². The molecule has 0 saturated heterocycles. The summed E-state index contributed by atoms with van der Waals surface area (Å²) in [5, 5.41) is 25.9. The number of hydrogen-bond donors (Lipinski definition) is 4. The van der Waals surface area contributed by atoms with Crippen molar-refractivity contribution in [2.24, 2.45) is 5.73 Å². The maximum Gasteiger partial charge on any atom is 0.408 e. The quantitative estimate of drug-likeness (QED) is 0.131. The van der Waals surface area contributed by atoms with Crippen molar-refractivity contribution in [1.82, 2.24) is 16.0 Å². The van der Waals surface area contributed by atoms with Gasteiger partial charge in [-0.3, -0.25) is 9.59 Å². The summed E-state index contributed by atoms with van der Waals surface area (Å²) in [6, 6.07) is 32.9. The summed E-state index contributed by atoms with van der Waals surface area (Å²) < 4.78 is 10.9. The molecule has 12 heteroatoms. The number of nitriles is 2. The Morgan fingerprint density at radius 3 is 1.68 bits per heavy atom. The molecule has 0 saturated carbocycles. The first-order valence-corrected chi connectivity index (χ1v) is 16.9. The van der Waals surface area contributed by atoms with Gasteiger partial charge in [0, 0.05) is 25.9 Å². The van der Waals surface area contributed by atoms with Crippen LogP contribution in [0.1, 0.15) is 61.1 Å². The van der Waals surface area contributed by atoms with Gasteiger partial charge in [0.25, 0.3) is 0 Å². The highest BCUT2D eigenvalue weighted by atomic mass is 35.5. The van der Waals surface area contributed by atoms with Crippen LogP contribution in [0.25, 0.3) is 0 Å². The Morgan fingerprint density at radius 2 is 1.19 bits per heavy atom. The van der Waals surface area contributed by atoms with E-state index in [1.54, 1.807) is 69.3 Å². The second kappa shape index (κ2) is 22.1. The zero-order valence-corrected chi connectivity index (χ0v) is 31.2. The summed E-state index contributed by atoms with van der Waals surface area (Å²) in [6.07, 6.45) is -0.324. The van der Waals surface area contributed by atoms with Crippen LogP contribution in [0.15, 0.2) is 103 Å². The number of nitrogens with one attached hydrogen (secondary N) is 3. The Bertz CT molecular complexity index is 1820. The minimum Gasteiger partial charge on any atom is -0.494 e. The lowest BCUT2D eigenvalue weighted by atomic mass is 10.0. The smallest absolute Gasteiger partial charge is 0.408 e. The molecule has 0 aromatic heterocycles. The maximum absolute atomic E-state index is 13.7. The molecule has 0 aliphatic heterocycles. The third-order valence-corrected chi connectivity index (χ3v) is 7.47. The number of benzene rings is 4. The van der Waals surface area contributed by atoms with Gasteiger partial charge >= 0.3 is 6.09 Å². The van der Waals surface area contributed by atoms with Gasteiger partial charge in [-0.1, -0.05) is 66.7 Å². The largest absolute Gasteiger partial charge is 0.494 e. The minimum atomic E-state index is -1.01. The van der Waals surface area contributed by atoms with Crippen LogP contribution in [-0.2, 0) is 40.3 Å². The van der Waals surface area contributed by atoms with Gasteiger partial charge in [0.15, 0.2) is 0 Å². The SMILES string of the molecule is CCOc1ccc(C[C@@H](NC(=O)OC(C)(C)C)C(=O)N[C@@H](Cc2ccccc2)C(=O)NCc2ccc(C#N)cc2)cc1.Cl.N#Cc1ccc(CN)cc1. The van der Waals surface area contributed by atoms with Gasteiger partial charge in [0.1, 0.15) is 23.4 Å². The Balaban J connectivity index is 0.000000762. The lowest BCUT2D eigenvalue weighted by Crippen LogP contribution is -2.55. The van der Waals surface area contributed by atoms with Crippen molar-refractivity contribution in [3.05, 3.63) is 137 Å². The summed E-state index contributed by atoms with van der Waals surface area (Å²) in [5.41, 5.74) is 9.32. The fraction of sp³-hybridized carbons (Fsp3) is 0.293. The summed E-state index contributed by atoms with van der Waals surface area (Å²) in [7, 11) is 0. The highest BCUT2D eigenvalue weighted by Gasteiger charge is 2.29. The minimum absolute atomic E-state index is 0. The van der Waals surface area contributed by atoms with Crippen molar-refractivity contribution < 1.29 is 23.9 Å². The highest BCUT2D eigenvalue weighted by Crippen LogP contribution is 2.15. The molecule has 4 rings (SSSR count). The number of amides is 3. The predicted molar refractivity (Wildman–Crippen MR) is 206 cm³/mol. The lowest BCUT2D eigenvalue weighted by Gasteiger charge is -2.25. The van der Waals surface area contributed by atoms with E-state index in [0.29, 0.717) is 30.0 Å². The summed E-state index contributed by atoms with van der Waals surface area (Å²) in [5.74, 6) is -0.206. The van der Waals surface area contributed by atoms with Crippen LogP contribution in [0.5, 0.6) is 5.75 Å². The van der Waals surface area contributed by atoms with Crippen LogP contribution in [-0.4, -0.2) is 42.2 Å². The topological polar surface area (TPSA) is 179 Å². The van der Waals surface area contributed by atoms with Crippen molar-refractivity contribution in [2.45, 2.75) is 71.3 Å². The molecule has 2 atom stereocenters. The van der Waals surface area contributed by atoms with Crippen molar-refractivity contribution in [2.75, 3.05) is 6.61 Å². The number of halogens is 1. The Morgan fingerprint density at radius 1 is 0.698 bits per heavy atom. The molecule has 53 heavy (non-hydrogen) atoms. The second-order valence-corrected chi connectivity index (χ2v) is 12.8. The molecule has 0 aliphatic rings. The third-order valence-electron chi connectivity index (χ3n) is 7.47. The molecule has 0 radical (unpaired) electrons. The fourth-order valence-electron chi connectivity index (χ4n) is 4.84. The average molecular weight is 739 g/mol. The number of carbonyl (C=O) groups excluding carboxylic acids is 3. The zero-order valence-electron chi connectivity index (χ0n) is 30.4. The van der Waals surface area contributed by atoms with Crippen molar-refractivity contribution in [3.8, 4) is 17.9 Å². The van der Waals surface area contributed by atoms with Gasteiger partial charge in [0.2, 0.25) is 11.8 Å². The van der Waals surface area contributed by atoms with E-state index in [4.69, 9.17) is 25.7 Å². The number of hydrogen-bond acceptors (Lipinski definition) is 8. The average Bonchev–Trinajstić information content (AvgIpc) is 3.14. The number of rotatable bonds is 13. The molecule has 0 spiro atoms. The summed E-state index contributed by atoms with van der Waals surface area (Å²) in [6.45, 7) is 8.39. The van der Waals surface area contributed by atoms with E-state index in [-0.39, 0.29) is 37.7 Å². The third kappa shape index (κ3) is 15.9. The molecule has 4 aromatic carbocycles. The molecule has 0 unspecified atom stereocenters. The van der Waals surface area contributed by atoms with Crippen molar-refractivity contribution in [3.63, 3.8) is 0 Å². The van der Waals surface area contributed by atoms with Crippen LogP contribution >= 0.6 is 12.4 Å². The second-order valence-electron chi connectivity index (χ2n) is 12.8. The van der Waals surface area contributed by atoms with Gasteiger partial charge in [0.05, 0.1) is 29.9 Å². The van der Waals surface area contributed by atoms with Gasteiger partial charge in [-0.2, -0.15) is 10.5 Å². The molecule has 0 bridgehead atoms. The first-order chi connectivity index (χ1) is 24.9.